The third-order valence-electron chi connectivity index (χ3n) is 3.66. The zero-order valence-electron chi connectivity index (χ0n) is 9.40. The molecular weight excluding hydrogens is 282 g/mol. The maximum Gasteiger partial charge on any atom is 0.255 e. The van der Waals surface area contributed by atoms with Gasteiger partial charge in [0.05, 0.1) is 5.56 Å². The number of pyridine rings is 1. The summed E-state index contributed by atoms with van der Waals surface area (Å²) in [5.41, 5.74) is 0.673. The molecule has 2 atom stereocenters. The van der Waals surface area contributed by atoms with E-state index in [-0.39, 0.29) is 5.91 Å². The molecule has 3 heterocycles. The summed E-state index contributed by atoms with van der Waals surface area (Å²) in [4.78, 5) is 18.4. The molecule has 0 aromatic carbocycles. The van der Waals surface area contributed by atoms with Gasteiger partial charge in [0.25, 0.3) is 5.91 Å². The molecule has 0 radical (unpaired) electrons. The number of nitrogens with zero attached hydrogens (tertiary/aromatic N) is 2. The maximum atomic E-state index is 12.4. The van der Waals surface area contributed by atoms with E-state index in [1.54, 1.807) is 12.4 Å². The van der Waals surface area contributed by atoms with Crippen LogP contribution in [0, 0.1) is 5.92 Å². The Morgan fingerprint density at radius 2 is 2.35 bits per heavy atom. The van der Waals surface area contributed by atoms with Gasteiger partial charge >= 0.3 is 0 Å². The fourth-order valence-corrected chi connectivity index (χ4v) is 3.16. The van der Waals surface area contributed by atoms with Crippen LogP contribution in [0.2, 0.25) is 0 Å². The van der Waals surface area contributed by atoms with Crippen molar-refractivity contribution < 1.29 is 4.79 Å². The predicted octanol–water partition coefficient (Wildman–Crippen LogP) is 1.28. The van der Waals surface area contributed by atoms with Crippen molar-refractivity contribution in [3.05, 3.63) is 28.5 Å². The molecule has 0 unspecified atom stereocenters. The largest absolute Gasteiger partial charge is 0.334 e. The van der Waals surface area contributed by atoms with E-state index in [9.17, 15) is 4.79 Å². The Labute approximate surface area is 109 Å². The normalized spacial score (nSPS) is 27.2. The number of hydrogen-bond donors (Lipinski definition) is 1. The Hall–Kier alpha value is -0.940. The van der Waals surface area contributed by atoms with Crippen molar-refractivity contribution in [1.82, 2.24) is 15.2 Å². The van der Waals surface area contributed by atoms with E-state index >= 15 is 0 Å². The lowest BCUT2D eigenvalue weighted by atomic mass is 10.1. The lowest BCUT2D eigenvalue weighted by Gasteiger charge is -2.23. The first-order valence-electron chi connectivity index (χ1n) is 5.88. The first kappa shape index (κ1) is 11.2. The molecule has 0 bridgehead atoms. The molecule has 2 aliphatic rings. The molecule has 0 spiro atoms. The van der Waals surface area contributed by atoms with Gasteiger partial charge in [0.15, 0.2) is 0 Å². The second-order valence-electron chi connectivity index (χ2n) is 4.66. The average Bonchev–Trinajstić information content (AvgIpc) is 2.89. The number of amides is 1. The first-order valence-corrected chi connectivity index (χ1v) is 6.67. The van der Waals surface area contributed by atoms with Crippen LogP contribution >= 0.6 is 15.9 Å². The van der Waals surface area contributed by atoms with Gasteiger partial charge in [-0.1, -0.05) is 0 Å². The average molecular weight is 296 g/mol. The van der Waals surface area contributed by atoms with Gasteiger partial charge in [-0.25, -0.2) is 0 Å². The molecule has 0 saturated carbocycles. The van der Waals surface area contributed by atoms with Gasteiger partial charge in [-0.05, 0) is 34.3 Å². The Morgan fingerprint density at radius 3 is 3.18 bits per heavy atom. The smallest absolute Gasteiger partial charge is 0.255 e. The minimum Gasteiger partial charge on any atom is -0.334 e. The molecule has 2 aliphatic heterocycles. The van der Waals surface area contributed by atoms with Crippen LogP contribution in [0.4, 0.5) is 0 Å². The Bertz CT molecular complexity index is 451. The van der Waals surface area contributed by atoms with Crippen LogP contribution in [-0.2, 0) is 0 Å². The lowest BCUT2D eigenvalue weighted by molar-refractivity contribution is 0.0736. The zero-order chi connectivity index (χ0) is 11.8. The molecule has 1 N–H and O–H groups in total. The number of nitrogens with one attached hydrogen (secondary N) is 1. The highest BCUT2D eigenvalue weighted by molar-refractivity contribution is 9.10. The standard InChI is InChI=1S/C12H14BrN3O/c13-10-3-9(5-14-6-10)12(17)16-2-1-8-4-15-7-11(8)16/h3,5-6,8,11,15H,1-2,4,7H2/t8-,11+/m0/s1. The van der Waals surface area contributed by atoms with Crippen LogP contribution in [0.5, 0.6) is 0 Å². The molecule has 1 amide bonds. The summed E-state index contributed by atoms with van der Waals surface area (Å²) < 4.78 is 0.851. The van der Waals surface area contributed by atoms with E-state index in [1.807, 2.05) is 11.0 Å². The highest BCUT2D eigenvalue weighted by Crippen LogP contribution is 2.28. The topological polar surface area (TPSA) is 45.2 Å². The molecule has 5 heteroatoms. The van der Waals surface area contributed by atoms with Crippen molar-refractivity contribution in [1.29, 1.82) is 0 Å². The van der Waals surface area contributed by atoms with Gasteiger partial charge in [0, 0.05) is 42.5 Å². The number of carbonyl (C=O) groups is 1. The minimum atomic E-state index is 0.106. The molecule has 1 aromatic heterocycles. The van der Waals surface area contributed by atoms with Crippen LogP contribution in [0.3, 0.4) is 0 Å². The van der Waals surface area contributed by atoms with Crippen LogP contribution < -0.4 is 5.32 Å². The third kappa shape index (κ3) is 1.98. The monoisotopic (exact) mass is 295 g/mol. The molecule has 2 saturated heterocycles. The maximum absolute atomic E-state index is 12.4. The van der Waals surface area contributed by atoms with Gasteiger partial charge in [-0.2, -0.15) is 0 Å². The molecule has 4 nitrogen and oxygen atoms in total. The van der Waals surface area contributed by atoms with Gasteiger partial charge in [0.1, 0.15) is 0 Å². The summed E-state index contributed by atoms with van der Waals surface area (Å²) in [5.74, 6) is 0.745. The third-order valence-corrected chi connectivity index (χ3v) is 4.09. The van der Waals surface area contributed by atoms with Crippen LogP contribution in [0.25, 0.3) is 0 Å². The van der Waals surface area contributed by atoms with Crippen LogP contribution in [-0.4, -0.2) is 41.5 Å². The summed E-state index contributed by atoms with van der Waals surface area (Å²) in [6.07, 6.45) is 4.45. The fraction of sp³-hybridized carbons (Fsp3) is 0.500. The second kappa shape index (κ2) is 4.38. The van der Waals surface area contributed by atoms with E-state index in [0.717, 1.165) is 30.5 Å². The van der Waals surface area contributed by atoms with Gasteiger partial charge < -0.3 is 10.2 Å². The predicted molar refractivity (Wildman–Crippen MR) is 67.7 cm³/mol. The number of halogens is 1. The SMILES string of the molecule is O=C(c1cncc(Br)c1)N1CC[C@H]2CNC[C@H]21. The van der Waals surface area contributed by atoms with Crippen molar-refractivity contribution in [3.8, 4) is 0 Å². The van der Waals surface area contributed by atoms with Gasteiger partial charge in [-0.15, -0.1) is 0 Å². The quantitative estimate of drug-likeness (QED) is 0.849. The Balaban J connectivity index is 1.83. The minimum absolute atomic E-state index is 0.106. The van der Waals surface area contributed by atoms with Gasteiger partial charge in [-0.3, -0.25) is 9.78 Å². The Kier molecular flexibility index (Phi) is 2.88. The van der Waals surface area contributed by atoms with Crippen molar-refractivity contribution >= 4 is 21.8 Å². The summed E-state index contributed by atoms with van der Waals surface area (Å²) in [7, 11) is 0. The number of carbonyl (C=O) groups excluding carboxylic acids is 1. The number of likely N-dealkylation sites (tertiary alicyclic amines) is 1. The van der Waals surface area contributed by atoms with E-state index in [4.69, 9.17) is 0 Å². The van der Waals surface area contributed by atoms with Gasteiger partial charge in [0.2, 0.25) is 0 Å². The summed E-state index contributed by atoms with van der Waals surface area (Å²) in [6, 6.07) is 2.21. The summed E-state index contributed by atoms with van der Waals surface area (Å²) in [5, 5.41) is 3.35. The molecule has 17 heavy (non-hydrogen) atoms. The van der Waals surface area contributed by atoms with Crippen molar-refractivity contribution in [2.45, 2.75) is 12.5 Å². The van der Waals surface area contributed by atoms with E-state index < -0.39 is 0 Å². The molecule has 3 rings (SSSR count). The first-order chi connectivity index (χ1) is 8.25. The molecule has 90 valence electrons. The number of aromatic nitrogens is 1. The number of rotatable bonds is 1. The Morgan fingerprint density at radius 1 is 1.47 bits per heavy atom. The van der Waals surface area contributed by atoms with Crippen LogP contribution in [0.1, 0.15) is 16.8 Å². The van der Waals surface area contributed by atoms with Crippen LogP contribution in [0.15, 0.2) is 22.9 Å². The van der Waals surface area contributed by atoms with Crippen molar-refractivity contribution in [3.63, 3.8) is 0 Å². The number of hydrogen-bond acceptors (Lipinski definition) is 3. The summed E-state index contributed by atoms with van der Waals surface area (Å²) >= 11 is 3.35. The van der Waals surface area contributed by atoms with E-state index in [0.29, 0.717) is 17.5 Å². The van der Waals surface area contributed by atoms with Crippen molar-refractivity contribution in [2.24, 2.45) is 5.92 Å². The molecular formula is C12H14BrN3O. The fourth-order valence-electron chi connectivity index (χ4n) is 2.80. The van der Waals surface area contributed by atoms with E-state index in [2.05, 4.69) is 26.2 Å². The zero-order valence-corrected chi connectivity index (χ0v) is 11.0. The summed E-state index contributed by atoms with van der Waals surface area (Å²) in [6.45, 7) is 2.85. The van der Waals surface area contributed by atoms with Crippen molar-refractivity contribution in [2.75, 3.05) is 19.6 Å². The lowest BCUT2D eigenvalue weighted by Crippen LogP contribution is -2.39. The second-order valence-corrected chi connectivity index (χ2v) is 5.58. The highest BCUT2D eigenvalue weighted by Gasteiger charge is 2.40. The molecule has 2 fully saturated rings. The highest BCUT2D eigenvalue weighted by atomic mass is 79.9. The van der Waals surface area contributed by atoms with E-state index in [1.165, 1.54) is 0 Å². The molecule has 0 aliphatic carbocycles. The molecule has 1 aromatic rings. The number of fused-ring (bicyclic) bond motifs is 1.